The van der Waals surface area contributed by atoms with Crippen molar-refractivity contribution in [2.24, 2.45) is 0 Å². The second-order valence-corrected chi connectivity index (χ2v) is 6.03. The lowest BCUT2D eigenvalue weighted by Crippen LogP contribution is -2.18. The maximum Gasteiger partial charge on any atom is 0.174 e. The molecule has 21 heavy (non-hydrogen) atoms. The fraction of sp³-hybridized carbons (Fsp3) is 0.357. The van der Waals surface area contributed by atoms with Crippen LogP contribution in [-0.2, 0) is 17.9 Å². The van der Waals surface area contributed by atoms with Crippen LogP contribution in [0.2, 0.25) is 0 Å². The summed E-state index contributed by atoms with van der Waals surface area (Å²) in [6.07, 6.45) is 1.59. The van der Waals surface area contributed by atoms with Crippen LogP contribution in [-0.4, -0.2) is 25.4 Å². The highest BCUT2D eigenvalue weighted by Crippen LogP contribution is 2.35. The third-order valence-electron chi connectivity index (χ3n) is 2.72. The second-order valence-electron chi connectivity index (χ2n) is 4.33. The molecular formula is C14H16Br2N2O3. The van der Waals surface area contributed by atoms with E-state index in [1.165, 1.54) is 0 Å². The van der Waals surface area contributed by atoms with Gasteiger partial charge in [0.05, 0.1) is 21.7 Å². The molecule has 7 heteroatoms. The van der Waals surface area contributed by atoms with E-state index < -0.39 is 0 Å². The molecule has 1 aromatic carbocycles. The summed E-state index contributed by atoms with van der Waals surface area (Å²) in [5, 5.41) is 6.95. The van der Waals surface area contributed by atoms with E-state index in [1.54, 1.807) is 19.4 Å². The van der Waals surface area contributed by atoms with Crippen LogP contribution in [0.4, 0.5) is 0 Å². The zero-order chi connectivity index (χ0) is 15.1. The first-order valence-corrected chi connectivity index (χ1v) is 7.99. The summed E-state index contributed by atoms with van der Waals surface area (Å²) in [4.78, 5) is 0. The number of aromatic nitrogens is 1. The fourth-order valence-corrected chi connectivity index (χ4v) is 3.23. The lowest BCUT2D eigenvalue weighted by atomic mass is 10.2. The van der Waals surface area contributed by atoms with E-state index in [1.807, 2.05) is 12.1 Å². The normalized spacial score (nSPS) is 10.8. The molecule has 0 fully saturated rings. The summed E-state index contributed by atoms with van der Waals surface area (Å²) in [6, 6.07) is 5.83. The molecule has 0 radical (unpaired) electrons. The van der Waals surface area contributed by atoms with Crippen LogP contribution >= 0.6 is 31.9 Å². The average Bonchev–Trinajstić information content (AvgIpc) is 2.96. The van der Waals surface area contributed by atoms with E-state index in [0.29, 0.717) is 19.0 Å². The van der Waals surface area contributed by atoms with Gasteiger partial charge in [0, 0.05) is 26.3 Å². The van der Waals surface area contributed by atoms with Crippen molar-refractivity contribution in [2.75, 3.05) is 20.3 Å². The van der Waals surface area contributed by atoms with Gasteiger partial charge in [0.25, 0.3) is 0 Å². The van der Waals surface area contributed by atoms with Gasteiger partial charge >= 0.3 is 0 Å². The van der Waals surface area contributed by atoms with Crippen LogP contribution in [0.3, 0.4) is 0 Å². The van der Waals surface area contributed by atoms with Crippen LogP contribution in [0, 0.1) is 0 Å². The zero-order valence-electron chi connectivity index (χ0n) is 11.6. The third-order valence-corrected chi connectivity index (χ3v) is 3.90. The van der Waals surface area contributed by atoms with Gasteiger partial charge in [-0.1, -0.05) is 5.16 Å². The first-order chi connectivity index (χ1) is 10.2. The molecule has 2 rings (SSSR count). The molecule has 114 valence electrons. The molecule has 2 aromatic rings. The molecule has 1 aromatic heterocycles. The maximum absolute atomic E-state index is 5.74. The van der Waals surface area contributed by atoms with Crippen molar-refractivity contribution in [2.45, 2.75) is 13.2 Å². The van der Waals surface area contributed by atoms with Gasteiger partial charge in [-0.15, -0.1) is 0 Å². The van der Waals surface area contributed by atoms with Crippen LogP contribution in [0.5, 0.6) is 5.75 Å². The Hall–Kier alpha value is -0.890. The maximum atomic E-state index is 5.74. The van der Waals surface area contributed by atoms with Crippen molar-refractivity contribution in [1.29, 1.82) is 0 Å². The number of ether oxygens (including phenoxy) is 2. The second kappa shape index (κ2) is 8.53. The Bertz CT molecular complexity index is 538. The summed E-state index contributed by atoms with van der Waals surface area (Å²) in [5.41, 5.74) is 1.15. The van der Waals surface area contributed by atoms with E-state index in [4.69, 9.17) is 14.0 Å². The monoisotopic (exact) mass is 418 g/mol. The average molecular weight is 420 g/mol. The Morgan fingerprint density at radius 2 is 2.05 bits per heavy atom. The molecule has 0 bridgehead atoms. The number of methoxy groups -OCH3 is 1. The predicted octanol–water partition coefficient (Wildman–Crippen LogP) is 3.51. The SMILES string of the molecule is COCCNCc1cc(Br)c(OCc2ccno2)c(Br)c1. The Morgan fingerprint density at radius 1 is 1.29 bits per heavy atom. The van der Waals surface area contributed by atoms with Crippen molar-refractivity contribution >= 4 is 31.9 Å². The molecule has 0 amide bonds. The van der Waals surface area contributed by atoms with Crippen molar-refractivity contribution < 1.29 is 14.0 Å². The molecule has 0 spiro atoms. The number of benzene rings is 1. The topological polar surface area (TPSA) is 56.5 Å². The molecule has 1 N–H and O–H groups in total. The van der Waals surface area contributed by atoms with Gasteiger partial charge in [-0.25, -0.2) is 0 Å². The Balaban J connectivity index is 1.96. The quantitative estimate of drug-likeness (QED) is 0.663. The van der Waals surface area contributed by atoms with Crippen LogP contribution < -0.4 is 10.1 Å². The van der Waals surface area contributed by atoms with E-state index in [2.05, 4.69) is 42.3 Å². The molecule has 0 aliphatic rings. The third kappa shape index (κ3) is 5.10. The summed E-state index contributed by atoms with van der Waals surface area (Å²) < 4.78 is 17.5. The predicted molar refractivity (Wildman–Crippen MR) is 86.3 cm³/mol. The highest BCUT2D eigenvalue weighted by atomic mass is 79.9. The van der Waals surface area contributed by atoms with Gasteiger partial charge in [0.15, 0.2) is 5.76 Å². The number of halogens is 2. The van der Waals surface area contributed by atoms with Gasteiger partial charge in [-0.3, -0.25) is 0 Å². The minimum Gasteiger partial charge on any atom is -0.483 e. The largest absolute Gasteiger partial charge is 0.483 e. The molecule has 0 saturated heterocycles. The molecule has 0 saturated carbocycles. The van der Waals surface area contributed by atoms with Crippen molar-refractivity contribution in [3.05, 3.63) is 44.7 Å². The number of hydrogen-bond donors (Lipinski definition) is 1. The number of nitrogens with zero attached hydrogens (tertiary/aromatic N) is 1. The van der Waals surface area contributed by atoms with Crippen molar-refractivity contribution in [3.63, 3.8) is 0 Å². The van der Waals surface area contributed by atoms with Crippen LogP contribution in [0.25, 0.3) is 0 Å². The zero-order valence-corrected chi connectivity index (χ0v) is 14.7. The molecule has 0 aliphatic heterocycles. The Labute approximate surface area is 140 Å². The highest BCUT2D eigenvalue weighted by Gasteiger charge is 2.10. The molecule has 1 heterocycles. The van der Waals surface area contributed by atoms with Gasteiger partial charge < -0.3 is 19.3 Å². The number of nitrogens with one attached hydrogen (secondary N) is 1. The van der Waals surface area contributed by atoms with Crippen LogP contribution in [0.1, 0.15) is 11.3 Å². The molecular weight excluding hydrogens is 404 g/mol. The van der Waals surface area contributed by atoms with E-state index in [-0.39, 0.29) is 0 Å². The van der Waals surface area contributed by atoms with Gasteiger partial charge in [0.2, 0.25) is 0 Å². The molecule has 5 nitrogen and oxygen atoms in total. The summed E-state index contributed by atoms with van der Waals surface area (Å²) in [7, 11) is 1.69. The standard InChI is InChI=1S/C14H16Br2N2O3/c1-19-5-4-17-8-10-6-12(15)14(13(16)7-10)20-9-11-2-3-18-21-11/h2-3,6-7,17H,4-5,8-9H2,1H3. The smallest absolute Gasteiger partial charge is 0.174 e. The van der Waals surface area contributed by atoms with Crippen molar-refractivity contribution in [3.8, 4) is 5.75 Å². The van der Waals surface area contributed by atoms with Gasteiger partial charge in [-0.2, -0.15) is 0 Å². The van der Waals surface area contributed by atoms with Crippen molar-refractivity contribution in [1.82, 2.24) is 10.5 Å². The fourth-order valence-electron chi connectivity index (χ4n) is 1.72. The summed E-state index contributed by atoms with van der Waals surface area (Å²) in [6.45, 7) is 2.61. The van der Waals surface area contributed by atoms with Gasteiger partial charge in [-0.05, 0) is 49.6 Å². The van der Waals surface area contributed by atoms with Crippen LogP contribution in [0.15, 0.2) is 37.9 Å². The van der Waals surface area contributed by atoms with E-state index in [9.17, 15) is 0 Å². The minimum atomic E-state index is 0.336. The summed E-state index contributed by atoms with van der Waals surface area (Å²) in [5.74, 6) is 1.42. The Morgan fingerprint density at radius 3 is 2.67 bits per heavy atom. The van der Waals surface area contributed by atoms with Gasteiger partial charge in [0.1, 0.15) is 12.4 Å². The lowest BCUT2D eigenvalue weighted by molar-refractivity contribution is 0.199. The molecule has 0 aliphatic carbocycles. The molecule has 0 atom stereocenters. The first kappa shape index (κ1) is 16.5. The first-order valence-electron chi connectivity index (χ1n) is 6.40. The number of hydrogen-bond acceptors (Lipinski definition) is 5. The van der Waals surface area contributed by atoms with E-state index >= 15 is 0 Å². The highest BCUT2D eigenvalue weighted by molar-refractivity contribution is 9.11. The minimum absolute atomic E-state index is 0.336. The number of rotatable bonds is 8. The lowest BCUT2D eigenvalue weighted by Gasteiger charge is -2.12. The summed E-state index contributed by atoms with van der Waals surface area (Å²) >= 11 is 7.06. The molecule has 0 unspecified atom stereocenters. The Kier molecular flexibility index (Phi) is 6.69. The van der Waals surface area contributed by atoms with E-state index in [0.717, 1.165) is 33.3 Å².